The predicted octanol–water partition coefficient (Wildman–Crippen LogP) is 2.85. The van der Waals surface area contributed by atoms with E-state index in [4.69, 9.17) is 4.74 Å². The van der Waals surface area contributed by atoms with Gasteiger partial charge in [0.05, 0.1) is 11.1 Å². The number of hydrogen-bond acceptors (Lipinski definition) is 5. The number of imide groups is 1. The molecule has 0 radical (unpaired) electrons. The maximum atomic E-state index is 12.5. The first-order valence-electron chi connectivity index (χ1n) is 9.11. The van der Waals surface area contributed by atoms with Crippen molar-refractivity contribution >= 4 is 17.8 Å². The van der Waals surface area contributed by atoms with Crippen LogP contribution < -0.4 is 0 Å². The van der Waals surface area contributed by atoms with Crippen LogP contribution in [0.5, 0.6) is 0 Å². The first-order valence-corrected chi connectivity index (χ1v) is 9.11. The second kappa shape index (κ2) is 6.60. The lowest BCUT2D eigenvalue weighted by Crippen LogP contribution is -2.48. The van der Waals surface area contributed by atoms with Crippen LogP contribution in [0.15, 0.2) is 36.4 Å². The lowest BCUT2D eigenvalue weighted by molar-refractivity contribution is -0.148. The van der Waals surface area contributed by atoms with Crippen LogP contribution in [0, 0.1) is 5.41 Å². The van der Waals surface area contributed by atoms with E-state index in [0.717, 1.165) is 0 Å². The molecule has 2 aliphatic heterocycles. The molecule has 6 heteroatoms. The standard InChI is InChI=1S/C21H26N2O4/c1-20(2,3)18-22(5)21(4,19(26)27-18)12-8-9-13-23-16(24)14-10-6-7-11-15(14)17(23)25/h6-11,18H,12-13H2,1-5H3/b9-8+/t18-,21+/m0/s1. The summed E-state index contributed by atoms with van der Waals surface area (Å²) in [6.07, 6.45) is 3.75. The number of esters is 1. The quantitative estimate of drug-likeness (QED) is 0.463. The highest BCUT2D eigenvalue weighted by Crippen LogP contribution is 2.38. The molecule has 3 rings (SSSR count). The Morgan fingerprint density at radius 3 is 2.11 bits per heavy atom. The number of benzene rings is 1. The van der Waals surface area contributed by atoms with Gasteiger partial charge in [0.25, 0.3) is 11.8 Å². The van der Waals surface area contributed by atoms with E-state index in [2.05, 4.69) is 0 Å². The predicted molar refractivity (Wildman–Crippen MR) is 101 cm³/mol. The van der Waals surface area contributed by atoms with Crippen molar-refractivity contribution in [2.45, 2.75) is 45.9 Å². The van der Waals surface area contributed by atoms with E-state index in [0.29, 0.717) is 17.5 Å². The number of rotatable bonds is 4. The van der Waals surface area contributed by atoms with Gasteiger partial charge in [-0.3, -0.25) is 19.4 Å². The van der Waals surface area contributed by atoms with Gasteiger partial charge in [0, 0.05) is 12.0 Å². The number of carbonyl (C=O) groups is 3. The summed E-state index contributed by atoms with van der Waals surface area (Å²) < 4.78 is 5.60. The van der Waals surface area contributed by atoms with Crippen molar-refractivity contribution in [1.82, 2.24) is 9.80 Å². The van der Waals surface area contributed by atoms with Gasteiger partial charge in [-0.25, -0.2) is 4.79 Å². The van der Waals surface area contributed by atoms with Crippen molar-refractivity contribution in [3.8, 4) is 0 Å². The van der Waals surface area contributed by atoms with Crippen molar-refractivity contribution in [1.29, 1.82) is 0 Å². The fraction of sp³-hybridized carbons (Fsp3) is 0.476. The highest BCUT2D eigenvalue weighted by Gasteiger charge is 2.52. The van der Waals surface area contributed by atoms with Crippen molar-refractivity contribution in [2.75, 3.05) is 13.6 Å². The van der Waals surface area contributed by atoms with Crippen molar-refractivity contribution < 1.29 is 19.1 Å². The van der Waals surface area contributed by atoms with E-state index in [1.54, 1.807) is 30.3 Å². The molecule has 1 saturated heterocycles. The van der Waals surface area contributed by atoms with Gasteiger partial charge in [-0.2, -0.15) is 0 Å². The Labute approximate surface area is 159 Å². The van der Waals surface area contributed by atoms with Crippen molar-refractivity contribution in [3.05, 3.63) is 47.5 Å². The SMILES string of the molecule is CN1[C@H](C(C)(C)C)OC(=O)[C@@]1(C)C/C=C/CN1C(=O)c2ccccc2C1=O. The molecule has 0 bridgehead atoms. The van der Waals surface area contributed by atoms with E-state index in [-0.39, 0.29) is 36.0 Å². The van der Waals surface area contributed by atoms with Gasteiger partial charge in [0.1, 0.15) is 5.54 Å². The van der Waals surface area contributed by atoms with Crippen molar-refractivity contribution in [3.63, 3.8) is 0 Å². The van der Waals surface area contributed by atoms with Crippen LogP contribution in [-0.2, 0) is 9.53 Å². The average molecular weight is 370 g/mol. The zero-order valence-electron chi connectivity index (χ0n) is 16.5. The Hall–Kier alpha value is -2.47. The topological polar surface area (TPSA) is 66.9 Å². The lowest BCUT2D eigenvalue weighted by atomic mass is 9.90. The van der Waals surface area contributed by atoms with Gasteiger partial charge >= 0.3 is 5.97 Å². The van der Waals surface area contributed by atoms with Crippen molar-refractivity contribution in [2.24, 2.45) is 5.41 Å². The first kappa shape index (κ1) is 19.3. The molecular formula is C21H26N2O4. The molecule has 2 amide bonds. The molecule has 0 unspecified atom stereocenters. The third-order valence-electron chi connectivity index (χ3n) is 5.38. The van der Waals surface area contributed by atoms with Crippen LogP contribution in [0.25, 0.3) is 0 Å². The van der Waals surface area contributed by atoms with E-state index in [1.165, 1.54) is 4.90 Å². The molecule has 1 aromatic rings. The van der Waals surface area contributed by atoms with Gasteiger partial charge in [0.2, 0.25) is 0 Å². The maximum absolute atomic E-state index is 12.5. The van der Waals surface area contributed by atoms with E-state index >= 15 is 0 Å². The monoisotopic (exact) mass is 370 g/mol. The van der Waals surface area contributed by atoms with Crippen LogP contribution in [0.1, 0.15) is 54.8 Å². The number of ether oxygens (including phenoxy) is 1. The summed E-state index contributed by atoms with van der Waals surface area (Å²) in [6, 6.07) is 6.82. The summed E-state index contributed by atoms with van der Waals surface area (Å²) in [6.45, 7) is 8.14. The van der Waals surface area contributed by atoms with Gasteiger partial charge in [-0.05, 0) is 32.5 Å². The summed E-state index contributed by atoms with van der Waals surface area (Å²) in [5.41, 5.74) is -0.0763. The highest BCUT2D eigenvalue weighted by atomic mass is 16.6. The summed E-state index contributed by atoms with van der Waals surface area (Å²) in [5, 5.41) is 0. The van der Waals surface area contributed by atoms with Gasteiger partial charge in [-0.1, -0.05) is 45.1 Å². The van der Waals surface area contributed by atoms with E-state index < -0.39 is 5.54 Å². The molecule has 2 aliphatic rings. The molecule has 0 spiro atoms. The molecule has 27 heavy (non-hydrogen) atoms. The number of nitrogens with zero attached hydrogens (tertiary/aromatic N) is 2. The minimum absolute atomic E-state index is 0.184. The Bertz CT molecular complexity index is 789. The minimum atomic E-state index is -0.767. The zero-order valence-corrected chi connectivity index (χ0v) is 16.5. The Morgan fingerprint density at radius 2 is 1.63 bits per heavy atom. The van der Waals surface area contributed by atoms with Gasteiger partial charge in [-0.15, -0.1) is 0 Å². The third kappa shape index (κ3) is 3.18. The Kier molecular flexibility index (Phi) is 4.72. The first-order chi connectivity index (χ1) is 12.6. The summed E-state index contributed by atoms with van der Waals surface area (Å²) in [7, 11) is 1.89. The molecule has 0 aromatic heterocycles. The molecule has 144 valence electrons. The number of fused-ring (bicyclic) bond motifs is 1. The zero-order chi connectivity index (χ0) is 20.0. The largest absolute Gasteiger partial charge is 0.444 e. The molecule has 1 fully saturated rings. The van der Waals surface area contributed by atoms with Crippen LogP contribution in [0.3, 0.4) is 0 Å². The van der Waals surface area contributed by atoms with Crippen LogP contribution in [-0.4, -0.2) is 52.9 Å². The molecule has 0 aliphatic carbocycles. The van der Waals surface area contributed by atoms with Crippen LogP contribution >= 0.6 is 0 Å². The third-order valence-corrected chi connectivity index (χ3v) is 5.38. The number of hydrogen-bond donors (Lipinski definition) is 0. The summed E-state index contributed by atoms with van der Waals surface area (Å²) in [4.78, 5) is 40.4. The normalized spacial score (nSPS) is 26.2. The molecule has 1 aromatic carbocycles. The highest BCUT2D eigenvalue weighted by molar-refractivity contribution is 6.21. The summed E-state index contributed by atoms with van der Waals surface area (Å²) >= 11 is 0. The fourth-order valence-electron chi connectivity index (χ4n) is 3.59. The Morgan fingerprint density at radius 1 is 1.07 bits per heavy atom. The number of likely N-dealkylation sites (N-methyl/N-ethyl adjacent to an activating group) is 1. The van der Waals surface area contributed by atoms with Crippen LogP contribution in [0.4, 0.5) is 0 Å². The fourth-order valence-corrected chi connectivity index (χ4v) is 3.59. The number of amides is 2. The van der Waals surface area contributed by atoms with Gasteiger partial charge < -0.3 is 4.74 Å². The number of cyclic esters (lactones) is 1. The van der Waals surface area contributed by atoms with E-state index in [9.17, 15) is 14.4 Å². The molecule has 6 nitrogen and oxygen atoms in total. The minimum Gasteiger partial charge on any atom is -0.444 e. The summed E-state index contributed by atoms with van der Waals surface area (Å²) in [5.74, 6) is -0.816. The Balaban J connectivity index is 1.66. The molecule has 2 heterocycles. The van der Waals surface area contributed by atoms with Crippen LogP contribution in [0.2, 0.25) is 0 Å². The smallest absolute Gasteiger partial charge is 0.328 e. The number of carbonyl (C=O) groups excluding carboxylic acids is 3. The second-order valence-electron chi connectivity index (χ2n) is 8.45. The van der Waals surface area contributed by atoms with Gasteiger partial charge in [0.15, 0.2) is 6.23 Å². The molecule has 0 saturated carbocycles. The second-order valence-corrected chi connectivity index (χ2v) is 8.45. The molecule has 0 N–H and O–H groups in total. The average Bonchev–Trinajstić information content (AvgIpc) is 2.99. The molecule has 2 atom stereocenters. The molecular weight excluding hydrogens is 344 g/mol. The maximum Gasteiger partial charge on any atom is 0.328 e. The van der Waals surface area contributed by atoms with E-state index in [1.807, 2.05) is 45.7 Å². The lowest BCUT2D eigenvalue weighted by Gasteiger charge is -2.35.